The summed E-state index contributed by atoms with van der Waals surface area (Å²) in [6, 6.07) is 4.99. The van der Waals surface area contributed by atoms with Crippen molar-refractivity contribution in [3.63, 3.8) is 0 Å². The van der Waals surface area contributed by atoms with Gasteiger partial charge in [0.1, 0.15) is 5.82 Å². The van der Waals surface area contributed by atoms with E-state index in [-0.39, 0.29) is 12.3 Å². The van der Waals surface area contributed by atoms with Gasteiger partial charge in [-0.3, -0.25) is 4.79 Å². The molecule has 0 fully saturated rings. The van der Waals surface area contributed by atoms with E-state index in [0.717, 1.165) is 11.1 Å². The van der Waals surface area contributed by atoms with Gasteiger partial charge in [-0.15, -0.1) is 0 Å². The Morgan fingerprint density at radius 2 is 1.76 bits per heavy atom. The molecule has 7 nitrogen and oxygen atoms in total. The SMILES string of the molecule is Cc1cc(C)cc(S(=O)(=O)N2CCn3cc(CC(=O)N4CC=CC4)nc3[C@@H]2C)c1. The van der Waals surface area contributed by atoms with E-state index in [9.17, 15) is 13.2 Å². The fourth-order valence-electron chi connectivity index (χ4n) is 4.11. The smallest absolute Gasteiger partial charge is 0.243 e. The maximum absolute atomic E-state index is 13.3. The van der Waals surface area contributed by atoms with E-state index in [1.54, 1.807) is 17.0 Å². The number of benzene rings is 1. The van der Waals surface area contributed by atoms with Gasteiger partial charge in [0.05, 0.1) is 23.1 Å². The summed E-state index contributed by atoms with van der Waals surface area (Å²) in [5.41, 5.74) is 2.54. The lowest BCUT2D eigenvalue weighted by Gasteiger charge is -2.32. The number of aryl methyl sites for hydroxylation is 2. The average Bonchev–Trinajstić information content (AvgIpc) is 3.30. The normalized spacial score (nSPS) is 19.6. The molecule has 0 aliphatic carbocycles. The molecule has 2 aliphatic rings. The number of amides is 1. The molecular weight excluding hydrogens is 388 g/mol. The third kappa shape index (κ3) is 3.74. The molecular formula is C21H26N4O3S. The van der Waals surface area contributed by atoms with Crippen LogP contribution in [0.3, 0.4) is 0 Å². The third-order valence-corrected chi connectivity index (χ3v) is 7.48. The summed E-state index contributed by atoms with van der Waals surface area (Å²) < 4.78 is 30.1. The topological polar surface area (TPSA) is 75.5 Å². The maximum atomic E-state index is 13.3. The van der Waals surface area contributed by atoms with Gasteiger partial charge in [0.2, 0.25) is 15.9 Å². The van der Waals surface area contributed by atoms with Crippen LogP contribution >= 0.6 is 0 Å². The Morgan fingerprint density at radius 3 is 2.41 bits per heavy atom. The van der Waals surface area contributed by atoms with Crippen LogP contribution in [-0.4, -0.2) is 52.7 Å². The summed E-state index contributed by atoms with van der Waals surface area (Å²) in [7, 11) is -3.63. The first kappa shape index (κ1) is 19.8. The molecule has 1 atom stereocenters. The molecule has 0 saturated carbocycles. The van der Waals surface area contributed by atoms with Gasteiger partial charge in [0.25, 0.3) is 0 Å². The summed E-state index contributed by atoms with van der Waals surface area (Å²) in [6.45, 7) is 7.85. The van der Waals surface area contributed by atoms with Crippen molar-refractivity contribution in [1.29, 1.82) is 0 Å². The predicted octanol–water partition coefficient (Wildman–Crippen LogP) is 2.21. The number of hydrogen-bond donors (Lipinski definition) is 0. The van der Waals surface area contributed by atoms with Crippen molar-refractivity contribution in [2.24, 2.45) is 0 Å². The molecule has 0 bridgehead atoms. The zero-order valence-corrected chi connectivity index (χ0v) is 17.8. The Kier molecular flexibility index (Phi) is 5.08. The summed E-state index contributed by atoms with van der Waals surface area (Å²) in [6.07, 6.45) is 6.08. The van der Waals surface area contributed by atoms with Crippen molar-refractivity contribution < 1.29 is 13.2 Å². The van der Waals surface area contributed by atoms with Crippen LogP contribution in [0, 0.1) is 13.8 Å². The Hall–Kier alpha value is -2.45. The molecule has 1 aromatic heterocycles. The first-order valence-electron chi connectivity index (χ1n) is 9.84. The van der Waals surface area contributed by atoms with E-state index in [0.29, 0.717) is 42.6 Å². The molecule has 2 aromatic rings. The minimum Gasteiger partial charge on any atom is -0.335 e. The molecule has 2 aliphatic heterocycles. The average molecular weight is 415 g/mol. The summed E-state index contributed by atoms with van der Waals surface area (Å²) in [4.78, 5) is 19.1. The van der Waals surface area contributed by atoms with Crippen LogP contribution in [-0.2, 0) is 27.8 Å². The van der Waals surface area contributed by atoms with Gasteiger partial charge in [0, 0.05) is 32.4 Å². The third-order valence-electron chi connectivity index (χ3n) is 5.53. The maximum Gasteiger partial charge on any atom is 0.243 e. The zero-order chi connectivity index (χ0) is 20.8. The molecule has 0 radical (unpaired) electrons. The highest BCUT2D eigenvalue weighted by atomic mass is 32.2. The molecule has 0 N–H and O–H groups in total. The molecule has 3 heterocycles. The fraction of sp³-hybridized carbons (Fsp3) is 0.429. The molecule has 154 valence electrons. The van der Waals surface area contributed by atoms with Gasteiger partial charge in [-0.25, -0.2) is 13.4 Å². The number of carbonyl (C=O) groups excluding carboxylic acids is 1. The second-order valence-electron chi connectivity index (χ2n) is 7.85. The number of nitrogens with zero attached hydrogens (tertiary/aromatic N) is 4. The number of sulfonamides is 1. The van der Waals surface area contributed by atoms with Crippen LogP contribution in [0.25, 0.3) is 0 Å². The molecule has 29 heavy (non-hydrogen) atoms. The van der Waals surface area contributed by atoms with Crippen LogP contribution in [0.4, 0.5) is 0 Å². The number of rotatable bonds is 4. The van der Waals surface area contributed by atoms with E-state index in [4.69, 9.17) is 0 Å². The Morgan fingerprint density at radius 1 is 1.10 bits per heavy atom. The van der Waals surface area contributed by atoms with Gasteiger partial charge in [-0.1, -0.05) is 18.2 Å². The minimum atomic E-state index is -3.63. The van der Waals surface area contributed by atoms with Crippen LogP contribution in [0.5, 0.6) is 0 Å². The lowest BCUT2D eigenvalue weighted by molar-refractivity contribution is -0.129. The van der Waals surface area contributed by atoms with E-state index >= 15 is 0 Å². The highest BCUT2D eigenvalue weighted by Gasteiger charge is 2.35. The Bertz CT molecular complexity index is 1060. The van der Waals surface area contributed by atoms with E-state index in [2.05, 4.69) is 4.98 Å². The molecule has 1 amide bonds. The van der Waals surface area contributed by atoms with Gasteiger partial charge < -0.3 is 9.47 Å². The Balaban J connectivity index is 1.57. The summed E-state index contributed by atoms with van der Waals surface area (Å²) in [5.74, 6) is 0.726. The highest BCUT2D eigenvalue weighted by Crippen LogP contribution is 2.31. The van der Waals surface area contributed by atoms with Crippen molar-refractivity contribution >= 4 is 15.9 Å². The van der Waals surface area contributed by atoms with Crippen molar-refractivity contribution in [3.8, 4) is 0 Å². The molecule has 0 unspecified atom stereocenters. The second-order valence-corrected chi connectivity index (χ2v) is 9.74. The number of imidazole rings is 1. The number of fused-ring (bicyclic) bond motifs is 1. The minimum absolute atomic E-state index is 0.0396. The fourth-order valence-corrected chi connectivity index (χ4v) is 5.88. The van der Waals surface area contributed by atoms with Gasteiger partial charge >= 0.3 is 0 Å². The lowest BCUT2D eigenvalue weighted by Crippen LogP contribution is -2.41. The molecule has 8 heteroatoms. The quantitative estimate of drug-likeness (QED) is 0.719. The van der Waals surface area contributed by atoms with E-state index in [1.807, 2.05) is 49.8 Å². The van der Waals surface area contributed by atoms with Crippen LogP contribution in [0.2, 0.25) is 0 Å². The van der Waals surface area contributed by atoms with Gasteiger partial charge in [0.15, 0.2) is 0 Å². The summed E-state index contributed by atoms with van der Waals surface area (Å²) in [5, 5.41) is 0. The van der Waals surface area contributed by atoms with Gasteiger partial charge in [-0.05, 0) is 44.0 Å². The highest BCUT2D eigenvalue weighted by molar-refractivity contribution is 7.89. The number of hydrogen-bond acceptors (Lipinski definition) is 4. The van der Waals surface area contributed by atoms with Crippen LogP contribution in [0.15, 0.2) is 41.4 Å². The van der Waals surface area contributed by atoms with Gasteiger partial charge in [-0.2, -0.15) is 4.31 Å². The van der Waals surface area contributed by atoms with Crippen LogP contribution < -0.4 is 0 Å². The standard InChI is InChI=1S/C21H26N4O3S/c1-15-10-16(2)12-19(11-15)29(27,28)25-9-8-24-14-18(22-21(24)17(25)3)13-20(26)23-6-4-5-7-23/h4-5,10-12,14,17H,6-9,13H2,1-3H3/t17-/m0/s1. The monoisotopic (exact) mass is 414 g/mol. The van der Waals surface area contributed by atoms with Crippen molar-refractivity contribution in [2.75, 3.05) is 19.6 Å². The largest absolute Gasteiger partial charge is 0.335 e. The van der Waals surface area contributed by atoms with E-state index in [1.165, 1.54) is 4.31 Å². The molecule has 0 spiro atoms. The first-order valence-corrected chi connectivity index (χ1v) is 11.3. The van der Waals surface area contributed by atoms with Crippen molar-refractivity contribution in [2.45, 2.75) is 44.7 Å². The predicted molar refractivity (Wildman–Crippen MR) is 110 cm³/mol. The second kappa shape index (κ2) is 7.42. The molecule has 4 rings (SSSR count). The van der Waals surface area contributed by atoms with Crippen molar-refractivity contribution in [1.82, 2.24) is 18.8 Å². The first-order chi connectivity index (χ1) is 13.8. The van der Waals surface area contributed by atoms with E-state index < -0.39 is 16.1 Å². The molecule has 1 aromatic carbocycles. The van der Waals surface area contributed by atoms with Crippen LogP contribution in [0.1, 0.15) is 35.6 Å². The summed E-state index contributed by atoms with van der Waals surface area (Å²) >= 11 is 0. The Labute approximate surface area is 171 Å². The molecule has 0 saturated heterocycles. The van der Waals surface area contributed by atoms with Crippen molar-refractivity contribution in [3.05, 3.63) is 59.2 Å². The number of aromatic nitrogens is 2. The lowest BCUT2D eigenvalue weighted by atomic mass is 10.2. The zero-order valence-electron chi connectivity index (χ0n) is 17.0. The number of carbonyl (C=O) groups is 1.